The predicted molar refractivity (Wildman–Crippen MR) is 97.9 cm³/mol. The molecule has 0 spiro atoms. The fourth-order valence-electron chi connectivity index (χ4n) is 1.80. The lowest BCUT2D eigenvalue weighted by Gasteiger charge is -2.21. The second-order valence-electron chi connectivity index (χ2n) is 6.02. The minimum atomic E-state index is -1.69. The summed E-state index contributed by atoms with van der Waals surface area (Å²) in [4.78, 5) is 69.0. The summed E-state index contributed by atoms with van der Waals surface area (Å²) in [6, 6.07) is -5.79. The van der Waals surface area contributed by atoms with E-state index in [1.165, 1.54) is 6.92 Å². The molecule has 0 aliphatic rings. The van der Waals surface area contributed by atoms with Gasteiger partial charge in [0.15, 0.2) is 6.04 Å². The van der Waals surface area contributed by atoms with Crippen molar-refractivity contribution in [1.29, 1.82) is 0 Å². The van der Waals surface area contributed by atoms with Gasteiger partial charge in [0, 0.05) is 6.42 Å². The number of aliphatic carboxylic acids is 1. The predicted octanol–water partition coefficient (Wildman–Crippen LogP) is -4.21. The molecule has 0 bridgehead atoms. The van der Waals surface area contributed by atoms with Crippen molar-refractivity contribution in [1.82, 2.24) is 21.5 Å². The normalized spacial score (nSPS) is 14.3. The van der Waals surface area contributed by atoms with Crippen LogP contribution in [0, 0.1) is 0 Å². The standard InChI is InChI=1S/C15H26N6O9/c1-3-10(24)30-5-7(16)12(25)20-21-13(26)8(4-9(17)23)18-15(29)19-11(6(2)22)14(27)28/h6-8,11,22H,3-5,16H2,1-2H3,(H2,17,23)(H,20,25)(H,21,26)(H,27,28)(H2,18,19,29)/t6?,7-,8-,11-/m0/s1. The molecule has 0 saturated carbocycles. The Bertz CT molecular complexity index is 669. The summed E-state index contributed by atoms with van der Waals surface area (Å²) in [6.45, 7) is 2.20. The van der Waals surface area contributed by atoms with E-state index in [-0.39, 0.29) is 6.42 Å². The number of aliphatic hydroxyl groups is 1. The van der Waals surface area contributed by atoms with Crippen molar-refractivity contribution in [2.75, 3.05) is 6.61 Å². The molecule has 0 aromatic rings. The third-order valence-corrected chi connectivity index (χ3v) is 3.42. The van der Waals surface area contributed by atoms with Gasteiger partial charge in [0.1, 0.15) is 18.7 Å². The molecule has 170 valence electrons. The molecule has 10 N–H and O–H groups in total. The van der Waals surface area contributed by atoms with Crippen LogP contribution >= 0.6 is 0 Å². The van der Waals surface area contributed by atoms with Crippen molar-refractivity contribution in [2.45, 2.75) is 50.9 Å². The number of carbonyl (C=O) groups is 6. The fraction of sp³-hybridized carbons (Fsp3) is 0.600. The molecule has 0 rings (SSSR count). The summed E-state index contributed by atoms with van der Waals surface area (Å²) >= 11 is 0. The number of carbonyl (C=O) groups excluding carboxylic acids is 5. The van der Waals surface area contributed by atoms with Crippen LogP contribution in [0.1, 0.15) is 26.7 Å². The Morgan fingerprint density at radius 2 is 1.60 bits per heavy atom. The van der Waals surface area contributed by atoms with E-state index >= 15 is 0 Å². The van der Waals surface area contributed by atoms with Crippen LogP contribution < -0.4 is 33.0 Å². The van der Waals surface area contributed by atoms with Gasteiger partial charge in [-0.25, -0.2) is 9.59 Å². The second-order valence-corrected chi connectivity index (χ2v) is 6.02. The number of amides is 5. The molecule has 15 nitrogen and oxygen atoms in total. The van der Waals surface area contributed by atoms with Gasteiger partial charge in [-0.2, -0.15) is 0 Å². The summed E-state index contributed by atoms with van der Waals surface area (Å²) in [5.41, 5.74) is 14.3. The maximum atomic E-state index is 12.1. The highest BCUT2D eigenvalue weighted by Crippen LogP contribution is 1.96. The zero-order chi connectivity index (χ0) is 23.4. The number of urea groups is 1. The van der Waals surface area contributed by atoms with E-state index in [1.54, 1.807) is 0 Å². The SMILES string of the molecule is CCC(=O)OC[C@H](N)C(=O)NNC(=O)[C@H](CC(N)=O)NC(=O)N[C@H](C(=O)O)C(C)O. The summed E-state index contributed by atoms with van der Waals surface area (Å²) in [6.07, 6.45) is -2.08. The zero-order valence-electron chi connectivity index (χ0n) is 16.3. The lowest BCUT2D eigenvalue weighted by molar-refractivity contribution is -0.145. The molecule has 15 heteroatoms. The zero-order valence-corrected chi connectivity index (χ0v) is 16.3. The molecule has 0 aromatic carbocycles. The second kappa shape index (κ2) is 12.9. The van der Waals surface area contributed by atoms with E-state index in [2.05, 4.69) is 4.74 Å². The van der Waals surface area contributed by atoms with Crippen molar-refractivity contribution in [2.24, 2.45) is 11.5 Å². The monoisotopic (exact) mass is 434 g/mol. The van der Waals surface area contributed by atoms with Gasteiger partial charge in [-0.3, -0.25) is 30.0 Å². The third-order valence-electron chi connectivity index (χ3n) is 3.42. The van der Waals surface area contributed by atoms with Crippen LogP contribution in [0.2, 0.25) is 0 Å². The fourth-order valence-corrected chi connectivity index (χ4v) is 1.80. The van der Waals surface area contributed by atoms with Crippen LogP contribution in [0.4, 0.5) is 4.79 Å². The Balaban J connectivity index is 4.86. The highest BCUT2D eigenvalue weighted by Gasteiger charge is 2.29. The number of nitrogens with one attached hydrogen (secondary N) is 4. The topological polar surface area (TPSA) is 252 Å². The first-order valence-electron chi connectivity index (χ1n) is 8.66. The van der Waals surface area contributed by atoms with Crippen molar-refractivity contribution >= 4 is 35.7 Å². The Hall–Kier alpha value is -3.46. The lowest BCUT2D eigenvalue weighted by Crippen LogP contribution is -2.59. The van der Waals surface area contributed by atoms with Crippen LogP contribution in [-0.4, -0.2) is 76.7 Å². The Labute approximate surface area is 170 Å². The van der Waals surface area contributed by atoms with Gasteiger partial charge in [0.2, 0.25) is 5.91 Å². The van der Waals surface area contributed by atoms with Gasteiger partial charge in [-0.15, -0.1) is 0 Å². The smallest absolute Gasteiger partial charge is 0.328 e. The van der Waals surface area contributed by atoms with Gasteiger partial charge < -0.3 is 37.1 Å². The van der Waals surface area contributed by atoms with Crippen LogP contribution in [0.15, 0.2) is 0 Å². The Morgan fingerprint density at radius 3 is 2.07 bits per heavy atom. The number of carboxylic acid groups (broad SMARTS) is 1. The van der Waals surface area contributed by atoms with E-state index in [0.717, 1.165) is 6.92 Å². The summed E-state index contributed by atoms with van der Waals surface area (Å²) in [7, 11) is 0. The van der Waals surface area contributed by atoms with E-state index in [4.69, 9.17) is 16.6 Å². The number of aliphatic hydroxyl groups excluding tert-OH is 1. The van der Waals surface area contributed by atoms with E-state index in [0.29, 0.717) is 0 Å². The van der Waals surface area contributed by atoms with Crippen LogP contribution in [0.3, 0.4) is 0 Å². The maximum absolute atomic E-state index is 12.1. The molecule has 0 aromatic heterocycles. The Morgan fingerprint density at radius 1 is 1.03 bits per heavy atom. The van der Waals surface area contributed by atoms with E-state index in [1.807, 2.05) is 21.5 Å². The first-order valence-corrected chi connectivity index (χ1v) is 8.66. The van der Waals surface area contributed by atoms with Gasteiger partial charge in [-0.05, 0) is 6.92 Å². The van der Waals surface area contributed by atoms with E-state index in [9.17, 15) is 33.9 Å². The highest BCUT2D eigenvalue weighted by molar-refractivity contribution is 5.93. The first-order chi connectivity index (χ1) is 13.9. The molecule has 0 saturated heterocycles. The van der Waals surface area contributed by atoms with Gasteiger partial charge in [0.25, 0.3) is 11.8 Å². The highest BCUT2D eigenvalue weighted by atomic mass is 16.5. The van der Waals surface area contributed by atoms with Crippen molar-refractivity contribution in [3.63, 3.8) is 0 Å². The largest absolute Gasteiger partial charge is 0.480 e. The van der Waals surface area contributed by atoms with Crippen LogP contribution in [-0.2, 0) is 28.7 Å². The summed E-state index contributed by atoms with van der Waals surface area (Å²) in [5.74, 6) is -5.14. The molecule has 4 atom stereocenters. The van der Waals surface area contributed by atoms with E-state index < -0.39 is 72.9 Å². The number of hydrogen-bond donors (Lipinski definition) is 8. The minimum Gasteiger partial charge on any atom is -0.480 e. The molecule has 0 fully saturated rings. The average molecular weight is 434 g/mol. The Kier molecular flexibility index (Phi) is 11.4. The van der Waals surface area contributed by atoms with Crippen molar-refractivity contribution in [3.05, 3.63) is 0 Å². The van der Waals surface area contributed by atoms with Crippen LogP contribution in [0.25, 0.3) is 0 Å². The molecule has 30 heavy (non-hydrogen) atoms. The number of esters is 1. The minimum absolute atomic E-state index is 0.0748. The molecular weight excluding hydrogens is 408 g/mol. The number of rotatable bonds is 11. The molecule has 0 aliphatic heterocycles. The first kappa shape index (κ1) is 26.5. The quantitative estimate of drug-likeness (QED) is 0.115. The molecule has 0 heterocycles. The van der Waals surface area contributed by atoms with Crippen molar-refractivity contribution in [3.8, 4) is 0 Å². The van der Waals surface area contributed by atoms with Gasteiger partial charge in [0.05, 0.1) is 12.5 Å². The van der Waals surface area contributed by atoms with Gasteiger partial charge in [-0.1, -0.05) is 6.92 Å². The molecule has 0 radical (unpaired) electrons. The number of nitrogens with two attached hydrogens (primary N) is 2. The van der Waals surface area contributed by atoms with Crippen molar-refractivity contribution < 1.29 is 43.7 Å². The summed E-state index contributed by atoms with van der Waals surface area (Å²) in [5, 5.41) is 22.2. The van der Waals surface area contributed by atoms with Crippen LogP contribution in [0.5, 0.6) is 0 Å². The maximum Gasteiger partial charge on any atom is 0.328 e. The number of primary amides is 1. The number of hydrogen-bond acceptors (Lipinski definition) is 9. The average Bonchev–Trinajstić information content (AvgIpc) is 2.66. The molecule has 1 unspecified atom stereocenters. The number of carboxylic acids is 1. The third kappa shape index (κ3) is 10.2. The number of ether oxygens (including phenoxy) is 1. The molecular formula is C15H26N6O9. The van der Waals surface area contributed by atoms with Gasteiger partial charge >= 0.3 is 18.0 Å². The number of hydrazine groups is 1. The lowest BCUT2D eigenvalue weighted by atomic mass is 10.1. The molecule has 5 amide bonds. The molecule has 0 aliphatic carbocycles. The summed E-state index contributed by atoms with van der Waals surface area (Å²) < 4.78 is 4.68.